The molecule has 184 valence electrons. The standard InChI is InChI=1S/C23H38O9/c1-25-23(24)7-8-26-9-10-27-11-12-28-13-14-29-15-16-30-17-18-31-19-20-32-21-22-5-3-2-4-6-22/h2-6H,7-21H2,1H3. The smallest absolute Gasteiger partial charge is 0.307 e. The van der Waals surface area contributed by atoms with Crippen molar-refractivity contribution in [2.75, 3.05) is 93.0 Å². The van der Waals surface area contributed by atoms with Crippen molar-refractivity contribution in [3.05, 3.63) is 35.9 Å². The highest BCUT2D eigenvalue weighted by Gasteiger charge is 1.99. The van der Waals surface area contributed by atoms with Crippen LogP contribution in [0.2, 0.25) is 0 Å². The Morgan fingerprint density at radius 1 is 0.562 bits per heavy atom. The molecule has 1 rings (SSSR count). The summed E-state index contributed by atoms with van der Waals surface area (Å²) in [5.41, 5.74) is 1.16. The van der Waals surface area contributed by atoms with Gasteiger partial charge in [-0.05, 0) is 5.56 Å². The molecule has 0 N–H and O–H groups in total. The second-order valence-electron chi connectivity index (χ2n) is 6.54. The number of ether oxygens (including phenoxy) is 8. The van der Waals surface area contributed by atoms with Crippen LogP contribution in [0.25, 0.3) is 0 Å². The Kier molecular flexibility index (Phi) is 20.1. The predicted molar refractivity (Wildman–Crippen MR) is 118 cm³/mol. The summed E-state index contributed by atoms with van der Waals surface area (Å²) in [6.45, 7) is 7.05. The molecule has 0 radical (unpaired) electrons. The molecule has 0 bridgehead atoms. The van der Waals surface area contributed by atoms with Crippen LogP contribution in [0, 0.1) is 0 Å². The van der Waals surface area contributed by atoms with Crippen molar-refractivity contribution >= 4 is 5.97 Å². The van der Waals surface area contributed by atoms with Crippen molar-refractivity contribution in [1.82, 2.24) is 0 Å². The second kappa shape index (κ2) is 22.6. The van der Waals surface area contributed by atoms with Crippen LogP contribution in [0.3, 0.4) is 0 Å². The molecule has 0 aliphatic rings. The van der Waals surface area contributed by atoms with Crippen LogP contribution in [0.15, 0.2) is 30.3 Å². The highest BCUT2D eigenvalue weighted by Crippen LogP contribution is 1.99. The Hall–Kier alpha value is -1.59. The molecule has 0 saturated heterocycles. The number of carbonyl (C=O) groups excluding carboxylic acids is 1. The van der Waals surface area contributed by atoms with E-state index in [0.29, 0.717) is 92.5 Å². The lowest BCUT2D eigenvalue weighted by Crippen LogP contribution is -2.14. The van der Waals surface area contributed by atoms with E-state index in [1.54, 1.807) is 0 Å². The van der Waals surface area contributed by atoms with Crippen LogP contribution in [0.5, 0.6) is 0 Å². The van der Waals surface area contributed by atoms with E-state index >= 15 is 0 Å². The van der Waals surface area contributed by atoms with Gasteiger partial charge in [-0.25, -0.2) is 0 Å². The fraction of sp³-hybridized carbons (Fsp3) is 0.696. The third-order valence-electron chi connectivity index (χ3n) is 4.02. The molecule has 0 unspecified atom stereocenters. The van der Waals surface area contributed by atoms with Gasteiger partial charge in [0.1, 0.15) is 0 Å². The maximum Gasteiger partial charge on any atom is 0.307 e. The Balaban J connectivity index is 1.66. The zero-order valence-electron chi connectivity index (χ0n) is 19.2. The molecular formula is C23H38O9. The summed E-state index contributed by atoms with van der Waals surface area (Å²) in [6.07, 6.45) is 0.253. The van der Waals surface area contributed by atoms with Crippen LogP contribution < -0.4 is 0 Å². The first-order valence-corrected chi connectivity index (χ1v) is 11.0. The van der Waals surface area contributed by atoms with E-state index in [9.17, 15) is 4.79 Å². The van der Waals surface area contributed by atoms with E-state index in [2.05, 4.69) is 4.74 Å². The molecule has 1 aromatic carbocycles. The number of hydrogen-bond donors (Lipinski definition) is 0. The van der Waals surface area contributed by atoms with Crippen molar-refractivity contribution < 1.29 is 42.7 Å². The van der Waals surface area contributed by atoms with Gasteiger partial charge in [0.2, 0.25) is 0 Å². The number of esters is 1. The normalized spacial score (nSPS) is 11.0. The van der Waals surface area contributed by atoms with Crippen LogP contribution in [0.1, 0.15) is 12.0 Å². The number of benzene rings is 1. The molecule has 9 nitrogen and oxygen atoms in total. The van der Waals surface area contributed by atoms with Gasteiger partial charge >= 0.3 is 5.97 Å². The Bertz CT molecular complexity index is 527. The zero-order valence-corrected chi connectivity index (χ0v) is 19.2. The average Bonchev–Trinajstić information content (AvgIpc) is 2.82. The highest BCUT2D eigenvalue weighted by atomic mass is 16.6. The minimum atomic E-state index is -0.279. The lowest BCUT2D eigenvalue weighted by atomic mass is 10.2. The summed E-state index contributed by atoms with van der Waals surface area (Å²) < 4.78 is 42.4. The van der Waals surface area contributed by atoms with Crippen molar-refractivity contribution in [3.63, 3.8) is 0 Å². The summed E-state index contributed by atoms with van der Waals surface area (Å²) in [5.74, 6) is -0.279. The lowest BCUT2D eigenvalue weighted by Gasteiger charge is -2.08. The van der Waals surface area contributed by atoms with E-state index in [4.69, 9.17) is 33.2 Å². The summed E-state index contributed by atoms with van der Waals surface area (Å²) in [6, 6.07) is 10.1. The van der Waals surface area contributed by atoms with Gasteiger partial charge in [-0.3, -0.25) is 4.79 Å². The first-order valence-electron chi connectivity index (χ1n) is 11.0. The summed E-state index contributed by atoms with van der Waals surface area (Å²) in [5, 5.41) is 0. The van der Waals surface area contributed by atoms with E-state index < -0.39 is 0 Å². The van der Waals surface area contributed by atoms with Crippen molar-refractivity contribution in [2.24, 2.45) is 0 Å². The lowest BCUT2D eigenvalue weighted by molar-refractivity contribution is -0.141. The van der Waals surface area contributed by atoms with Gasteiger partial charge in [0, 0.05) is 0 Å². The van der Waals surface area contributed by atoms with Crippen LogP contribution in [-0.2, 0) is 49.3 Å². The molecule has 0 saturated carbocycles. The number of hydrogen-bond acceptors (Lipinski definition) is 9. The molecule has 1 aromatic rings. The van der Waals surface area contributed by atoms with Gasteiger partial charge in [0.05, 0.1) is 106 Å². The summed E-state index contributed by atoms with van der Waals surface area (Å²) in [7, 11) is 1.36. The summed E-state index contributed by atoms with van der Waals surface area (Å²) in [4.78, 5) is 10.9. The molecule has 0 aliphatic carbocycles. The minimum Gasteiger partial charge on any atom is -0.469 e. The second-order valence-corrected chi connectivity index (χ2v) is 6.54. The topological polar surface area (TPSA) is 90.9 Å². The fourth-order valence-corrected chi connectivity index (χ4v) is 2.34. The van der Waals surface area contributed by atoms with E-state index in [-0.39, 0.29) is 12.4 Å². The quantitative estimate of drug-likeness (QED) is 0.180. The third kappa shape index (κ3) is 19.1. The maximum absolute atomic E-state index is 10.9. The van der Waals surface area contributed by atoms with E-state index in [1.807, 2.05) is 30.3 Å². The number of rotatable bonds is 23. The summed E-state index contributed by atoms with van der Waals surface area (Å²) >= 11 is 0. The molecule has 0 spiro atoms. The molecule has 0 aliphatic heterocycles. The Labute approximate surface area is 191 Å². The predicted octanol–water partition coefficient (Wildman–Crippen LogP) is 1.87. The maximum atomic E-state index is 10.9. The van der Waals surface area contributed by atoms with Gasteiger partial charge in [0.15, 0.2) is 0 Å². The largest absolute Gasteiger partial charge is 0.469 e. The SMILES string of the molecule is COC(=O)CCOCCOCCOCCOCCOCCOCCOCc1ccccc1. The van der Waals surface area contributed by atoms with E-state index in [1.165, 1.54) is 7.11 Å². The molecule has 0 aromatic heterocycles. The van der Waals surface area contributed by atoms with Gasteiger partial charge in [0.25, 0.3) is 0 Å². The van der Waals surface area contributed by atoms with Crippen molar-refractivity contribution in [1.29, 1.82) is 0 Å². The van der Waals surface area contributed by atoms with Gasteiger partial charge < -0.3 is 37.9 Å². The highest BCUT2D eigenvalue weighted by molar-refractivity contribution is 5.69. The molecular weight excluding hydrogens is 420 g/mol. The molecule has 0 amide bonds. The molecule has 0 fully saturated rings. The fourth-order valence-electron chi connectivity index (χ4n) is 2.34. The first kappa shape index (κ1) is 28.4. The van der Waals surface area contributed by atoms with Crippen LogP contribution in [0.4, 0.5) is 0 Å². The van der Waals surface area contributed by atoms with Gasteiger partial charge in [-0.2, -0.15) is 0 Å². The molecule has 0 heterocycles. The average molecular weight is 459 g/mol. The Morgan fingerprint density at radius 3 is 1.34 bits per heavy atom. The zero-order chi connectivity index (χ0) is 23.0. The Morgan fingerprint density at radius 2 is 0.938 bits per heavy atom. The van der Waals surface area contributed by atoms with Crippen molar-refractivity contribution in [3.8, 4) is 0 Å². The third-order valence-corrected chi connectivity index (χ3v) is 4.02. The van der Waals surface area contributed by atoms with E-state index in [0.717, 1.165) is 5.56 Å². The molecule has 0 atom stereocenters. The molecule has 9 heteroatoms. The first-order chi connectivity index (χ1) is 15.8. The minimum absolute atomic E-state index is 0.253. The number of carbonyl (C=O) groups is 1. The monoisotopic (exact) mass is 458 g/mol. The van der Waals surface area contributed by atoms with Crippen molar-refractivity contribution in [2.45, 2.75) is 13.0 Å². The van der Waals surface area contributed by atoms with Gasteiger partial charge in [-0.15, -0.1) is 0 Å². The molecule has 32 heavy (non-hydrogen) atoms. The van der Waals surface area contributed by atoms with Crippen LogP contribution in [-0.4, -0.2) is 99.0 Å². The van der Waals surface area contributed by atoms with Gasteiger partial charge in [-0.1, -0.05) is 30.3 Å². The van der Waals surface area contributed by atoms with Crippen LogP contribution >= 0.6 is 0 Å². The number of methoxy groups -OCH3 is 1.